The molecule has 18 heavy (non-hydrogen) atoms. The molecule has 0 radical (unpaired) electrons. The van der Waals surface area contributed by atoms with Crippen molar-refractivity contribution in [1.29, 1.82) is 0 Å². The third-order valence-electron chi connectivity index (χ3n) is 2.12. The van der Waals surface area contributed by atoms with Gasteiger partial charge >= 0.3 is 0 Å². The number of halogens is 3. The van der Waals surface area contributed by atoms with Gasteiger partial charge in [-0.25, -0.2) is 18.2 Å². The van der Waals surface area contributed by atoms with Gasteiger partial charge in [0.05, 0.1) is 5.56 Å². The molecule has 1 N–H and O–H groups in total. The SMILES string of the molecule is Cc1cnc(NC(=O)c2ccc(F)c(F)c2F)s1. The van der Waals surface area contributed by atoms with Gasteiger partial charge in [0.15, 0.2) is 22.6 Å². The Labute approximate surface area is 104 Å². The third kappa shape index (κ3) is 2.35. The number of rotatable bonds is 2. The molecule has 0 spiro atoms. The van der Waals surface area contributed by atoms with Crippen LogP contribution in [0.3, 0.4) is 0 Å². The lowest BCUT2D eigenvalue weighted by Crippen LogP contribution is -2.15. The molecule has 2 aromatic rings. The van der Waals surface area contributed by atoms with Crippen LogP contribution in [0.15, 0.2) is 18.3 Å². The third-order valence-corrected chi connectivity index (χ3v) is 2.95. The van der Waals surface area contributed by atoms with Crippen LogP contribution in [-0.2, 0) is 0 Å². The lowest BCUT2D eigenvalue weighted by Gasteiger charge is -2.04. The summed E-state index contributed by atoms with van der Waals surface area (Å²) in [4.78, 5) is 16.3. The first-order valence-corrected chi connectivity index (χ1v) is 5.68. The molecule has 1 heterocycles. The molecule has 0 unspecified atom stereocenters. The van der Waals surface area contributed by atoms with Crippen molar-refractivity contribution in [1.82, 2.24) is 4.98 Å². The number of aromatic nitrogens is 1. The highest BCUT2D eigenvalue weighted by Crippen LogP contribution is 2.20. The lowest BCUT2D eigenvalue weighted by atomic mass is 10.2. The van der Waals surface area contributed by atoms with E-state index in [0.29, 0.717) is 6.07 Å². The number of aryl methyl sites for hydroxylation is 1. The first-order valence-electron chi connectivity index (χ1n) is 4.86. The number of hydrogen-bond acceptors (Lipinski definition) is 3. The number of thiazole rings is 1. The standard InChI is InChI=1S/C11H7F3N2OS/c1-5-4-15-11(18-5)16-10(17)6-2-3-7(12)9(14)8(6)13/h2-4H,1H3,(H,15,16,17). The summed E-state index contributed by atoms with van der Waals surface area (Å²) in [5.41, 5.74) is -0.568. The smallest absolute Gasteiger partial charge is 0.260 e. The van der Waals surface area contributed by atoms with Gasteiger partial charge < -0.3 is 0 Å². The molecule has 0 bridgehead atoms. The fourth-order valence-corrected chi connectivity index (χ4v) is 1.94. The molecule has 0 aliphatic heterocycles. The van der Waals surface area contributed by atoms with Crippen molar-refractivity contribution in [2.45, 2.75) is 6.92 Å². The van der Waals surface area contributed by atoms with Crippen LogP contribution in [0.5, 0.6) is 0 Å². The zero-order valence-electron chi connectivity index (χ0n) is 9.13. The maximum Gasteiger partial charge on any atom is 0.260 e. The Hall–Kier alpha value is -1.89. The number of anilines is 1. The first kappa shape index (κ1) is 12.6. The Morgan fingerprint density at radius 2 is 2.00 bits per heavy atom. The van der Waals surface area contributed by atoms with Gasteiger partial charge in [-0.1, -0.05) is 0 Å². The summed E-state index contributed by atoms with van der Waals surface area (Å²) in [6.07, 6.45) is 1.53. The number of nitrogens with one attached hydrogen (secondary N) is 1. The lowest BCUT2D eigenvalue weighted by molar-refractivity contribution is 0.102. The highest BCUT2D eigenvalue weighted by Gasteiger charge is 2.19. The molecule has 2 rings (SSSR count). The van der Waals surface area contributed by atoms with Crippen LogP contribution in [0.25, 0.3) is 0 Å². The van der Waals surface area contributed by atoms with E-state index in [0.717, 1.165) is 10.9 Å². The van der Waals surface area contributed by atoms with E-state index in [-0.39, 0.29) is 5.13 Å². The fourth-order valence-electron chi connectivity index (χ4n) is 1.28. The largest absolute Gasteiger partial charge is 0.298 e. The molecule has 0 atom stereocenters. The highest BCUT2D eigenvalue weighted by atomic mass is 32.1. The molecule has 1 aromatic heterocycles. The normalized spacial score (nSPS) is 10.4. The summed E-state index contributed by atoms with van der Waals surface area (Å²) in [5.74, 6) is -5.39. The van der Waals surface area contributed by atoms with Crippen LogP contribution in [0.1, 0.15) is 15.2 Å². The summed E-state index contributed by atoms with van der Waals surface area (Å²) >= 11 is 1.19. The highest BCUT2D eigenvalue weighted by molar-refractivity contribution is 7.15. The summed E-state index contributed by atoms with van der Waals surface area (Å²) < 4.78 is 39.0. The predicted molar refractivity (Wildman–Crippen MR) is 61.1 cm³/mol. The molecular formula is C11H7F3N2OS. The second kappa shape index (κ2) is 4.77. The van der Waals surface area contributed by atoms with Crippen LogP contribution < -0.4 is 5.32 Å². The molecular weight excluding hydrogens is 265 g/mol. The number of amides is 1. The van der Waals surface area contributed by atoms with Crippen molar-refractivity contribution in [3.63, 3.8) is 0 Å². The molecule has 7 heteroatoms. The van der Waals surface area contributed by atoms with Gasteiger partial charge in [0.1, 0.15) is 0 Å². The van der Waals surface area contributed by atoms with Gasteiger partial charge in [-0.3, -0.25) is 10.1 Å². The second-order valence-electron chi connectivity index (χ2n) is 3.45. The number of hydrogen-bond donors (Lipinski definition) is 1. The van der Waals surface area contributed by atoms with Crippen LogP contribution in [0.2, 0.25) is 0 Å². The van der Waals surface area contributed by atoms with Crippen LogP contribution in [0.4, 0.5) is 18.3 Å². The Bertz CT molecular complexity index is 612. The quantitative estimate of drug-likeness (QED) is 0.853. The van der Waals surface area contributed by atoms with Crippen molar-refractivity contribution in [2.24, 2.45) is 0 Å². The Morgan fingerprint density at radius 1 is 1.28 bits per heavy atom. The summed E-state index contributed by atoms with van der Waals surface area (Å²) in [6, 6.07) is 1.57. The zero-order valence-corrected chi connectivity index (χ0v) is 9.95. The van der Waals surface area contributed by atoms with E-state index in [2.05, 4.69) is 10.3 Å². The maximum absolute atomic E-state index is 13.3. The van der Waals surface area contributed by atoms with Gasteiger partial charge in [0.2, 0.25) is 0 Å². The van der Waals surface area contributed by atoms with Gasteiger partial charge in [-0.15, -0.1) is 11.3 Å². The molecule has 1 aromatic carbocycles. The first-order chi connectivity index (χ1) is 8.49. The zero-order chi connectivity index (χ0) is 13.3. The van der Waals surface area contributed by atoms with E-state index in [4.69, 9.17) is 0 Å². The molecule has 0 fully saturated rings. The molecule has 0 saturated carbocycles. The van der Waals surface area contributed by atoms with Crippen LogP contribution >= 0.6 is 11.3 Å². The van der Waals surface area contributed by atoms with E-state index in [1.165, 1.54) is 17.5 Å². The van der Waals surface area contributed by atoms with E-state index in [1.54, 1.807) is 6.92 Å². The van der Waals surface area contributed by atoms with E-state index >= 15 is 0 Å². The monoisotopic (exact) mass is 272 g/mol. The average molecular weight is 272 g/mol. The Kier molecular flexibility index (Phi) is 3.33. The number of benzene rings is 1. The van der Waals surface area contributed by atoms with Crippen molar-refractivity contribution in [2.75, 3.05) is 5.32 Å². The van der Waals surface area contributed by atoms with Crippen LogP contribution in [0, 0.1) is 24.4 Å². The van der Waals surface area contributed by atoms with Gasteiger partial charge in [-0.2, -0.15) is 0 Å². The second-order valence-corrected chi connectivity index (χ2v) is 4.69. The number of carbonyl (C=O) groups is 1. The molecule has 3 nitrogen and oxygen atoms in total. The van der Waals surface area contributed by atoms with Crippen molar-refractivity contribution >= 4 is 22.4 Å². The fraction of sp³-hybridized carbons (Fsp3) is 0.0909. The summed E-state index contributed by atoms with van der Waals surface area (Å²) in [6.45, 7) is 1.78. The molecule has 0 aliphatic rings. The number of carbonyl (C=O) groups excluding carboxylic acids is 1. The molecule has 1 amide bonds. The molecule has 0 aliphatic carbocycles. The predicted octanol–water partition coefficient (Wildman–Crippen LogP) is 3.12. The summed E-state index contributed by atoms with van der Waals surface area (Å²) in [7, 11) is 0. The van der Waals surface area contributed by atoms with E-state index in [9.17, 15) is 18.0 Å². The molecule has 0 saturated heterocycles. The number of nitrogens with zero attached hydrogens (tertiary/aromatic N) is 1. The Morgan fingerprint density at radius 3 is 2.61 bits per heavy atom. The molecule has 94 valence electrons. The minimum Gasteiger partial charge on any atom is -0.298 e. The van der Waals surface area contributed by atoms with Gasteiger partial charge in [0, 0.05) is 11.1 Å². The maximum atomic E-state index is 13.3. The van der Waals surface area contributed by atoms with Crippen molar-refractivity contribution < 1.29 is 18.0 Å². The van der Waals surface area contributed by atoms with E-state index < -0.39 is 28.9 Å². The summed E-state index contributed by atoms with van der Waals surface area (Å²) in [5, 5.41) is 2.57. The minimum atomic E-state index is -1.67. The van der Waals surface area contributed by atoms with Crippen LogP contribution in [-0.4, -0.2) is 10.9 Å². The minimum absolute atomic E-state index is 0.265. The van der Waals surface area contributed by atoms with E-state index in [1.807, 2.05) is 0 Å². The average Bonchev–Trinajstić information content (AvgIpc) is 2.71. The Balaban J connectivity index is 2.27. The van der Waals surface area contributed by atoms with Gasteiger partial charge in [0.25, 0.3) is 5.91 Å². The van der Waals surface area contributed by atoms with Crippen molar-refractivity contribution in [3.05, 3.63) is 46.2 Å². The topological polar surface area (TPSA) is 42.0 Å². The van der Waals surface area contributed by atoms with Crippen molar-refractivity contribution in [3.8, 4) is 0 Å². The van der Waals surface area contributed by atoms with Gasteiger partial charge in [-0.05, 0) is 19.1 Å².